The number of benzene rings is 1. The number of rotatable bonds is 3. The number of halogens is 3. The largest absolute Gasteiger partial charge is 0.320 e. The van der Waals surface area contributed by atoms with E-state index in [4.69, 9.17) is 11.6 Å². The highest BCUT2D eigenvalue weighted by Crippen LogP contribution is 2.32. The van der Waals surface area contributed by atoms with E-state index in [-0.39, 0.29) is 10.7 Å². The smallest absolute Gasteiger partial charge is 0.319 e. The molecule has 1 heterocycles. The Kier molecular flexibility index (Phi) is 4.92. The number of hydrogen-bond acceptors (Lipinski definition) is 4. The summed E-state index contributed by atoms with van der Waals surface area (Å²) in [6.07, 6.45) is 1.24. The molecule has 0 atom stereocenters. The Morgan fingerprint density at radius 3 is 2.48 bits per heavy atom. The van der Waals surface area contributed by atoms with E-state index in [0.717, 1.165) is 0 Å². The average molecular weight is 435 g/mol. The number of amides is 1. The van der Waals surface area contributed by atoms with Crippen molar-refractivity contribution in [2.45, 2.75) is 0 Å². The van der Waals surface area contributed by atoms with Crippen molar-refractivity contribution in [3.63, 3.8) is 0 Å². The first-order valence-electron chi connectivity index (χ1n) is 5.46. The van der Waals surface area contributed by atoms with Gasteiger partial charge in [0.1, 0.15) is 5.56 Å². The van der Waals surface area contributed by atoms with Crippen LogP contribution in [0, 0.1) is 10.1 Å². The number of nitrogens with zero attached hydrogens (tertiary/aromatic N) is 2. The molecule has 1 aromatic heterocycles. The summed E-state index contributed by atoms with van der Waals surface area (Å²) >= 11 is 12.3. The molecule has 21 heavy (non-hydrogen) atoms. The minimum atomic E-state index is -0.737. The van der Waals surface area contributed by atoms with Gasteiger partial charge in [0.2, 0.25) is 5.15 Å². The second-order valence-corrected chi connectivity index (χ2v) is 5.87. The summed E-state index contributed by atoms with van der Waals surface area (Å²) < 4.78 is 1.26. The van der Waals surface area contributed by atoms with Gasteiger partial charge in [0.05, 0.1) is 10.6 Å². The maximum absolute atomic E-state index is 12.3. The first-order chi connectivity index (χ1) is 9.91. The van der Waals surface area contributed by atoms with Crippen molar-refractivity contribution in [2.24, 2.45) is 0 Å². The lowest BCUT2D eigenvalue weighted by molar-refractivity contribution is -0.385. The molecule has 6 nitrogen and oxygen atoms in total. The Morgan fingerprint density at radius 2 is 1.90 bits per heavy atom. The number of anilines is 1. The fraction of sp³-hybridized carbons (Fsp3) is 0. The van der Waals surface area contributed by atoms with Crippen molar-refractivity contribution >= 4 is 60.7 Å². The first kappa shape index (κ1) is 15.9. The van der Waals surface area contributed by atoms with Crippen molar-refractivity contribution in [1.29, 1.82) is 0 Å². The zero-order valence-corrected chi connectivity index (χ0v) is 14.1. The molecule has 0 saturated carbocycles. The number of nitrogens with one attached hydrogen (secondary N) is 1. The Bertz CT molecular complexity index is 719. The van der Waals surface area contributed by atoms with Crippen molar-refractivity contribution in [1.82, 2.24) is 4.98 Å². The average Bonchev–Trinajstić information content (AvgIpc) is 2.42. The van der Waals surface area contributed by atoms with Crippen molar-refractivity contribution < 1.29 is 9.72 Å². The standard InChI is InChI=1S/C12H6Br2ClN3O3/c13-7-2-1-3-8(14)9(7)17-12(19)6-4-5-16-11(15)10(6)18(20)21/h1-5H,(H,17,19). The van der Waals surface area contributed by atoms with Crippen LogP contribution in [0.1, 0.15) is 10.4 Å². The van der Waals surface area contributed by atoms with Crippen LogP contribution < -0.4 is 5.32 Å². The van der Waals surface area contributed by atoms with E-state index < -0.39 is 16.5 Å². The molecule has 2 aromatic rings. The molecule has 0 saturated heterocycles. The van der Waals surface area contributed by atoms with Crippen LogP contribution >= 0.6 is 43.5 Å². The zero-order chi connectivity index (χ0) is 15.6. The molecule has 0 aliphatic rings. The molecular weight excluding hydrogens is 429 g/mol. The minimum Gasteiger partial charge on any atom is -0.320 e. The minimum absolute atomic E-state index is 0.164. The summed E-state index contributed by atoms with van der Waals surface area (Å²) in [7, 11) is 0. The highest BCUT2D eigenvalue weighted by molar-refractivity contribution is 9.11. The van der Waals surface area contributed by atoms with Crippen molar-refractivity contribution in [3.05, 3.63) is 60.2 Å². The Hall–Kier alpha value is -1.51. The number of pyridine rings is 1. The van der Waals surface area contributed by atoms with E-state index in [1.165, 1.54) is 12.3 Å². The lowest BCUT2D eigenvalue weighted by atomic mass is 10.2. The van der Waals surface area contributed by atoms with Crippen LogP contribution in [0.5, 0.6) is 0 Å². The molecular formula is C12H6Br2ClN3O3. The van der Waals surface area contributed by atoms with E-state index in [1.54, 1.807) is 18.2 Å². The third-order valence-corrected chi connectivity index (χ3v) is 4.11. The van der Waals surface area contributed by atoms with Crippen molar-refractivity contribution in [3.8, 4) is 0 Å². The maximum Gasteiger partial charge on any atom is 0.319 e. The van der Waals surface area contributed by atoms with E-state index in [9.17, 15) is 14.9 Å². The second-order valence-electron chi connectivity index (χ2n) is 3.81. The van der Waals surface area contributed by atoms with Gasteiger partial charge >= 0.3 is 5.69 Å². The summed E-state index contributed by atoms with van der Waals surface area (Å²) in [5, 5.41) is 13.3. The monoisotopic (exact) mass is 433 g/mol. The van der Waals surface area contributed by atoms with Gasteiger partial charge in [-0.1, -0.05) is 17.7 Å². The predicted octanol–water partition coefficient (Wildman–Crippen LogP) is 4.42. The Morgan fingerprint density at radius 1 is 1.29 bits per heavy atom. The Labute approximate surface area is 140 Å². The molecule has 0 aliphatic carbocycles. The highest BCUT2D eigenvalue weighted by Gasteiger charge is 2.25. The first-order valence-corrected chi connectivity index (χ1v) is 7.42. The molecule has 0 aliphatic heterocycles. The van der Waals surface area contributed by atoms with Gasteiger partial charge in [-0.15, -0.1) is 0 Å². The molecule has 0 radical (unpaired) electrons. The van der Waals surface area contributed by atoms with Crippen molar-refractivity contribution in [2.75, 3.05) is 5.32 Å². The molecule has 1 aromatic carbocycles. The SMILES string of the molecule is O=C(Nc1c(Br)cccc1Br)c1ccnc(Cl)c1[N+](=O)[O-]. The molecule has 2 rings (SSSR count). The molecule has 0 unspecified atom stereocenters. The van der Waals surface area contributed by atoms with Crippen LogP contribution in [0.2, 0.25) is 5.15 Å². The quantitative estimate of drug-likeness (QED) is 0.439. The van der Waals surface area contributed by atoms with Crippen LogP contribution in [-0.4, -0.2) is 15.8 Å². The lowest BCUT2D eigenvalue weighted by Crippen LogP contribution is -2.15. The van der Waals surface area contributed by atoms with Crippen LogP contribution in [0.15, 0.2) is 39.4 Å². The van der Waals surface area contributed by atoms with Crippen LogP contribution in [-0.2, 0) is 0 Å². The second kappa shape index (κ2) is 6.50. The topological polar surface area (TPSA) is 85.1 Å². The number of para-hydroxylation sites is 1. The number of carbonyl (C=O) groups is 1. The van der Waals surface area contributed by atoms with Crippen LogP contribution in [0.3, 0.4) is 0 Å². The van der Waals surface area contributed by atoms with Gasteiger partial charge in [-0.25, -0.2) is 4.98 Å². The lowest BCUT2D eigenvalue weighted by Gasteiger charge is -2.09. The van der Waals surface area contributed by atoms with Gasteiger partial charge in [-0.3, -0.25) is 14.9 Å². The fourth-order valence-corrected chi connectivity index (χ4v) is 3.01. The number of hydrogen-bond donors (Lipinski definition) is 1. The van der Waals surface area contributed by atoms with Crippen LogP contribution in [0.4, 0.5) is 11.4 Å². The van der Waals surface area contributed by atoms with Crippen LogP contribution in [0.25, 0.3) is 0 Å². The molecule has 0 bridgehead atoms. The zero-order valence-electron chi connectivity index (χ0n) is 10.1. The molecule has 108 valence electrons. The van der Waals surface area contributed by atoms with E-state index in [0.29, 0.717) is 14.6 Å². The summed E-state index contributed by atoms with van der Waals surface area (Å²) in [4.78, 5) is 26.1. The Balaban J connectivity index is 2.43. The molecule has 0 spiro atoms. The fourth-order valence-electron chi connectivity index (χ4n) is 1.58. The normalized spacial score (nSPS) is 10.2. The van der Waals surface area contributed by atoms with E-state index in [1.807, 2.05) is 0 Å². The molecule has 1 amide bonds. The van der Waals surface area contributed by atoms with Gasteiger partial charge < -0.3 is 5.32 Å². The molecule has 9 heteroatoms. The van der Waals surface area contributed by atoms with E-state index >= 15 is 0 Å². The third-order valence-electron chi connectivity index (χ3n) is 2.51. The molecule has 0 fully saturated rings. The van der Waals surface area contributed by atoms with Gasteiger partial charge in [-0.2, -0.15) is 0 Å². The molecule has 1 N–H and O–H groups in total. The van der Waals surface area contributed by atoms with Gasteiger partial charge in [0.25, 0.3) is 5.91 Å². The summed E-state index contributed by atoms with van der Waals surface area (Å²) in [6, 6.07) is 6.47. The number of carbonyl (C=O) groups excluding carboxylic acids is 1. The third kappa shape index (κ3) is 3.39. The summed E-state index contributed by atoms with van der Waals surface area (Å²) in [6.45, 7) is 0. The summed E-state index contributed by atoms with van der Waals surface area (Å²) in [5.74, 6) is -0.654. The number of aromatic nitrogens is 1. The highest BCUT2D eigenvalue weighted by atomic mass is 79.9. The van der Waals surface area contributed by atoms with Gasteiger partial charge in [0, 0.05) is 15.1 Å². The number of nitro groups is 1. The van der Waals surface area contributed by atoms with E-state index in [2.05, 4.69) is 42.2 Å². The maximum atomic E-state index is 12.3. The predicted molar refractivity (Wildman–Crippen MR) is 85.7 cm³/mol. The van der Waals surface area contributed by atoms with Gasteiger partial charge in [0.15, 0.2) is 0 Å². The van der Waals surface area contributed by atoms with Gasteiger partial charge in [-0.05, 0) is 50.1 Å². The summed E-state index contributed by atoms with van der Waals surface area (Å²) in [5.41, 5.74) is -0.229.